The standard InChI is InChI=1S/C21H21ClN4O/c1-2-15-13-20(25-21(24-15)18-9-5-6-10-23-18)26-11-12-27-19(14-26)16-7-3-4-8-17(16)22/h3-10,13,19H,2,11-12,14H2,1H3. The first kappa shape index (κ1) is 17.9. The Labute approximate surface area is 164 Å². The second-order valence-electron chi connectivity index (χ2n) is 6.44. The number of hydrogen-bond acceptors (Lipinski definition) is 5. The van der Waals surface area contributed by atoms with Gasteiger partial charge in [0.1, 0.15) is 17.6 Å². The van der Waals surface area contributed by atoms with Gasteiger partial charge in [-0.05, 0) is 24.6 Å². The van der Waals surface area contributed by atoms with Crippen molar-refractivity contribution in [2.75, 3.05) is 24.6 Å². The average Bonchev–Trinajstić information content (AvgIpc) is 2.74. The number of ether oxygens (including phenoxy) is 1. The van der Waals surface area contributed by atoms with Crippen LogP contribution in [0.15, 0.2) is 54.7 Å². The summed E-state index contributed by atoms with van der Waals surface area (Å²) in [6.07, 6.45) is 2.53. The molecular weight excluding hydrogens is 360 g/mol. The molecule has 3 aromatic rings. The smallest absolute Gasteiger partial charge is 0.180 e. The molecule has 1 unspecified atom stereocenters. The first-order valence-electron chi connectivity index (χ1n) is 9.15. The second kappa shape index (κ2) is 8.03. The lowest BCUT2D eigenvalue weighted by atomic mass is 10.1. The monoisotopic (exact) mass is 380 g/mol. The average molecular weight is 381 g/mol. The molecule has 1 fully saturated rings. The van der Waals surface area contributed by atoms with E-state index in [1.165, 1.54) is 0 Å². The molecule has 0 amide bonds. The molecule has 0 bridgehead atoms. The molecule has 0 N–H and O–H groups in total. The lowest BCUT2D eigenvalue weighted by Crippen LogP contribution is -2.39. The van der Waals surface area contributed by atoms with Gasteiger partial charge >= 0.3 is 0 Å². The molecule has 2 aromatic heterocycles. The summed E-state index contributed by atoms with van der Waals surface area (Å²) in [6, 6.07) is 15.7. The van der Waals surface area contributed by atoms with Gasteiger partial charge in [-0.1, -0.05) is 42.8 Å². The number of aromatic nitrogens is 3. The summed E-state index contributed by atoms with van der Waals surface area (Å²) in [5, 5.41) is 0.732. The number of halogens is 1. The quantitative estimate of drug-likeness (QED) is 0.674. The highest BCUT2D eigenvalue weighted by atomic mass is 35.5. The maximum atomic E-state index is 6.37. The Balaban J connectivity index is 1.65. The van der Waals surface area contributed by atoms with Gasteiger partial charge < -0.3 is 9.64 Å². The molecule has 1 aliphatic rings. The molecule has 1 aromatic carbocycles. The van der Waals surface area contributed by atoms with Gasteiger partial charge in [-0.15, -0.1) is 0 Å². The Morgan fingerprint density at radius 3 is 2.78 bits per heavy atom. The molecule has 3 heterocycles. The normalized spacial score (nSPS) is 17.1. The van der Waals surface area contributed by atoms with E-state index in [2.05, 4.69) is 27.9 Å². The van der Waals surface area contributed by atoms with Crippen molar-refractivity contribution in [2.24, 2.45) is 0 Å². The maximum Gasteiger partial charge on any atom is 0.180 e. The van der Waals surface area contributed by atoms with E-state index in [-0.39, 0.29) is 6.10 Å². The Morgan fingerprint density at radius 1 is 1.15 bits per heavy atom. The van der Waals surface area contributed by atoms with E-state index in [0.717, 1.165) is 40.8 Å². The summed E-state index contributed by atoms with van der Waals surface area (Å²) < 4.78 is 5.99. The van der Waals surface area contributed by atoms with E-state index in [1.54, 1.807) is 6.20 Å². The number of aryl methyl sites for hydroxylation is 1. The number of rotatable bonds is 4. The van der Waals surface area contributed by atoms with Crippen LogP contribution in [0, 0.1) is 0 Å². The van der Waals surface area contributed by atoms with E-state index in [9.17, 15) is 0 Å². The lowest BCUT2D eigenvalue weighted by molar-refractivity contribution is 0.0396. The minimum atomic E-state index is -0.0780. The zero-order valence-electron chi connectivity index (χ0n) is 15.2. The molecule has 1 saturated heterocycles. The Morgan fingerprint density at radius 2 is 2.00 bits per heavy atom. The molecule has 1 atom stereocenters. The van der Waals surface area contributed by atoms with Gasteiger partial charge in [0.25, 0.3) is 0 Å². The van der Waals surface area contributed by atoms with Crippen LogP contribution in [0.2, 0.25) is 5.02 Å². The molecular formula is C21H21ClN4O. The zero-order valence-corrected chi connectivity index (χ0v) is 15.9. The van der Waals surface area contributed by atoms with Gasteiger partial charge in [-0.2, -0.15) is 0 Å². The van der Waals surface area contributed by atoms with E-state index in [0.29, 0.717) is 19.0 Å². The first-order chi connectivity index (χ1) is 13.2. The summed E-state index contributed by atoms with van der Waals surface area (Å²) in [7, 11) is 0. The van der Waals surface area contributed by atoms with Gasteiger partial charge in [-0.25, -0.2) is 9.97 Å². The molecule has 138 valence electrons. The number of hydrogen-bond donors (Lipinski definition) is 0. The molecule has 0 saturated carbocycles. The SMILES string of the molecule is CCc1cc(N2CCOC(c3ccccc3Cl)C2)nc(-c2ccccn2)n1. The van der Waals surface area contributed by atoms with Crippen molar-refractivity contribution in [3.63, 3.8) is 0 Å². The Kier molecular flexibility index (Phi) is 5.32. The second-order valence-corrected chi connectivity index (χ2v) is 6.84. The van der Waals surface area contributed by atoms with E-state index < -0.39 is 0 Å². The van der Waals surface area contributed by atoms with Crippen LogP contribution in [0.1, 0.15) is 24.3 Å². The van der Waals surface area contributed by atoms with Crippen LogP contribution < -0.4 is 4.90 Å². The predicted octanol–water partition coefficient (Wildman–Crippen LogP) is 4.33. The lowest BCUT2D eigenvalue weighted by Gasteiger charge is -2.34. The molecule has 0 spiro atoms. The van der Waals surface area contributed by atoms with Gasteiger partial charge in [0.05, 0.1) is 6.61 Å². The highest BCUT2D eigenvalue weighted by molar-refractivity contribution is 6.31. The van der Waals surface area contributed by atoms with Crippen LogP contribution in [0.25, 0.3) is 11.5 Å². The van der Waals surface area contributed by atoms with Crippen molar-refractivity contribution < 1.29 is 4.74 Å². The number of anilines is 1. The minimum absolute atomic E-state index is 0.0780. The zero-order chi connectivity index (χ0) is 18.6. The van der Waals surface area contributed by atoms with Crippen LogP contribution in [0.3, 0.4) is 0 Å². The highest BCUT2D eigenvalue weighted by Crippen LogP contribution is 2.30. The van der Waals surface area contributed by atoms with Crippen molar-refractivity contribution in [3.8, 4) is 11.5 Å². The van der Waals surface area contributed by atoms with E-state index in [1.807, 2.05) is 42.5 Å². The van der Waals surface area contributed by atoms with Crippen molar-refractivity contribution in [1.29, 1.82) is 0 Å². The van der Waals surface area contributed by atoms with Crippen LogP contribution in [-0.2, 0) is 11.2 Å². The van der Waals surface area contributed by atoms with Crippen LogP contribution in [-0.4, -0.2) is 34.6 Å². The van der Waals surface area contributed by atoms with Gasteiger partial charge in [0.15, 0.2) is 5.82 Å². The molecule has 1 aliphatic heterocycles. The largest absolute Gasteiger partial charge is 0.370 e. The third-order valence-corrected chi connectivity index (χ3v) is 5.01. The first-order valence-corrected chi connectivity index (χ1v) is 9.52. The number of pyridine rings is 1. The van der Waals surface area contributed by atoms with Gasteiger partial charge in [0.2, 0.25) is 0 Å². The number of morpholine rings is 1. The van der Waals surface area contributed by atoms with E-state index in [4.69, 9.17) is 21.3 Å². The topological polar surface area (TPSA) is 51.1 Å². The molecule has 0 radical (unpaired) electrons. The third kappa shape index (κ3) is 3.94. The summed E-state index contributed by atoms with van der Waals surface area (Å²) >= 11 is 6.37. The van der Waals surface area contributed by atoms with Crippen molar-refractivity contribution in [3.05, 3.63) is 71.0 Å². The fourth-order valence-electron chi connectivity index (χ4n) is 3.22. The summed E-state index contributed by atoms with van der Waals surface area (Å²) in [6.45, 7) is 4.20. The van der Waals surface area contributed by atoms with Gasteiger partial charge in [0, 0.05) is 41.6 Å². The van der Waals surface area contributed by atoms with Crippen LogP contribution in [0.5, 0.6) is 0 Å². The van der Waals surface area contributed by atoms with Crippen molar-refractivity contribution in [2.45, 2.75) is 19.4 Å². The van der Waals surface area contributed by atoms with Crippen LogP contribution >= 0.6 is 11.6 Å². The van der Waals surface area contributed by atoms with Gasteiger partial charge in [-0.3, -0.25) is 4.98 Å². The van der Waals surface area contributed by atoms with Crippen molar-refractivity contribution in [1.82, 2.24) is 15.0 Å². The summed E-state index contributed by atoms with van der Waals surface area (Å²) in [5.74, 6) is 1.56. The Bertz CT molecular complexity index is 919. The van der Waals surface area contributed by atoms with Crippen molar-refractivity contribution >= 4 is 17.4 Å². The molecule has 5 nitrogen and oxygen atoms in total. The molecule has 4 rings (SSSR count). The highest BCUT2D eigenvalue weighted by Gasteiger charge is 2.25. The van der Waals surface area contributed by atoms with E-state index >= 15 is 0 Å². The fraction of sp³-hybridized carbons (Fsp3) is 0.286. The molecule has 0 aliphatic carbocycles. The maximum absolute atomic E-state index is 6.37. The molecule has 27 heavy (non-hydrogen) atoms. The predicted molar refractivity (Wildman–Crippen MR) is 107 cm³/mol. The summed E-state index contributed by atoms with van der Waals surface area (Å²) in [5.41, 5.74) is 2.80. The summed E-state index contributed by atoms with van der Waals surface area (Å²) in [4.78, 5) is 16.1. The third-order valence-electron chi connectivity index (χ3n) is 4.66. The minimum Gasteiger partial charge on any atom is -0.370 e. The Hall–Kier alpha value is -2.50. The number of benzene rings is 1. The molecule has 6 heteroatoms. The van der Waals surface area contributed by atoms with Crippen LogP contribution in [0.4, 0.5) is 5.82 Å². The number of nitrogens with zero attached hydrogens (tertiary/aromatic N) is 4. The fourth-order valence-corrected chi connectivity index (χ4v) is 3.47.